The number of aryl methyl sites for hydroxylation is 1. The van der Waals surface area contributed by atoms with Crippen LogP contribution in [0.3, 0.4) is 0 Å². The van der Waals surface area contributed by atoms with E-state index in [0.717, 1.165) is 6.26 Å². The molecule has 1 heterocycles. The third-order valence-electron chi connectivity index (χ3n) is 1.44. The van der Waals surface area contributed by atoms with E-state index in [0.29, 0.717) is 10.7 Å². The number of hydrogen-bond acceptors (Lipinski definition) is 5. The maximum Gasteiger partial charge on any atom is 0.193 e. The van der Waals surface area contributed by atoms with Gasteiger partial charge in [0.05, 0.1) is 0 Å². The van der Waals surface area contributed by atoms with Gasteiger partial charge in [0.15, 0.2) is 20.0 Å². The molecule has 0 aromatic carbocycles. The minimum absolute atomic E-state index is 0.117. The quantitative estimate of drug-likeness (QED) is 0.419. The van der Waals surface area contributed by atoms with Crippen molar-refractivity contribution in [3.63, 3.8) is 0 Å². The minimum atomic E-state index is -3.23. The molecule has 0 fully saturated rings. The zero-order valence-corrected chi connectivity index (χ0v) is 9.24. The SMILES string of the molecule is CSc1ncc(C)c(S(C)(=O)=O)n1. The van der Waals surface area contributed by atoms with E-state index in [1.807, 2.05) is 0 Å². The van der Waals surface area contributed by atoms with Crippen molar-refractivity contribution in [1.29, 1.82) is 0 Å². The number of hydrogen-bond donors (Lipinski definition) is 0. The third-order valence-corrected chi connectivity index (χ3v) is 3.11. The molecule has 6 heteroatoms. The smallest absolute Gasteiger partial charge is 0.193 e. The molecule has 72 valence electrons. The van der Waals surface area contributed by atoms with Gasteiger partial charge < -0.3 is 0 Å². The van der Waals surface area contributed by atoms with Crippen molar-refractivity contribution < 1.29 is 8.42 Å². The van der Waals surface area contributed by atoms with Crippen LogP contribution in [-0.2, 0) is 9.84 Å². The lowest BCUT2D eigenvalue weighted by Crippen LogP contribution is -2.05. The molecule has 0 atom stereocenters. The Morgan fingerprint density at radius 3 is 2.54 bits per heavy atom. The van der Waals surface area contributed by atoms with Crippen molar-refractivity contribution in [2.75, 3.05) is 12.5 Å². The van der Waals surface area contributed by atoms with Gasteiger partial charge in [-0.25, -0.2) is 18.4 Å². The van der Waals surface area contributed by atoms with Crippen LogP contribution >= 0.6 is 11.8 Å². The molecular weight excluding hydrogens is 208 g/mol. The number of rotatable bonds is 2. The lowest BCUT2D eigenvalue weighted by molar-refractivity contribution is 0.594. The van der Waals surface area contributed by atoms with Gasteiger partial charge in [-0.2, -0.15) is 0 Å². The van der Waals surface area contributed by atoms with Crippen molar-refractivity contribution in [2.45, 2.75) is 17.1 Å². The monoisotopic (exact) mass is 218 g/mol. The standard InChI is InChI=1S/C7H10N2O2S2/c1-5-4-8-7(12-2)9-6(5)13(3,10)11/h4H,1-3H3. The first-order valence-electron chi connectivity index (χ1n) is 3.53. The van der Waals surface area contributed by atoms with E-state index in [1.54, 1.807) is 13.2 Å². The van der Waals surface area contributed by atoms with E-state index in [4.69, 9.17) is 0 Å². The van der Waals surface area contributed by atoms with Crippen molar-refractivity contribution in [3.05, 3.63) is 11.8 Å². The molecule has 0 unspecified atom stereocenters. The fourth-order valence-electron chi connectivity index (χ4n) is 0.885. The van der Waals surface area contributed by atoms with Crippen LogP contribution < -0.4 is 0 Å². The first-order chi connectivity index (χ1) is 5.95. The van der Waals surface area contributed by atoms with Crippen LogP contribution in [0.1, 0.15) is 5.56 Å². The van der Waals surface area contributed by atoms with E-state index in [2.05, 4.69) is 9.97 Å². The highest BCUT2D eigenvalue weighted by Crippen LogP contribution is 2.15. The fraction of sp³-hybridized carbons (Fsp3) is 0.429. The Bertz CT molecular complexity index is 415. The average molecular weight is 218 g/mol. The second-order valence-electron chi connectivity index (χ2n) is 2.62. The van der Waals surface area contributed by atoms with Crippen LogP contribution in [0.2, 0.25) is 0 Å². The molecule has 0 saturated heterocycles. The molecule has 0 amide bonds. The number of thioether (sulfide) groups is 1. The van der Waals surface area contributed by atoms with Crippen molar-refractivity contribution in [3.8, 4) is 0 Å². The summed E-state index contributed by atoms with van der Waals surface area (Å²) >= 11 is 1.32. The molecule has 1 rings (SSSR count). The third kappa shape index (κ3) is 2.41. The van der Waals surface area contributed by atoms with Crippen molar-refractivity contribution >= 4 is 21.6 Å². The van der Waals surface area contributed by atoms with Crippen LogP contribution in [0.5, 0.6) is 0 Å². The first-order valence-corrected chi connectivity index (χ1v) is 6.64. The summed E-state index contributed by atoms with van der Waals surface area (Å²) in [5.41, 5.74) is 0.584. The van der Waals surface area contributed by atoms with Gasteiger partial charge in [-0.1, -0.05) is 11.8 Å². The van der Waals surface area contributed by atoms with Gasteiger partial charge >= 0.3 is 0 Å². The predicted octanol–water partition coefficient (Wildman–Crippen LogP) is 0.910. The molecule has 0 radical (unpaired) electrons. The zero-order valence-electron chi connectivity index (χ0n) is 7.60. The van der Waals surface area contributed by atoms with Crippen LogP contribution in [0.4, 0.5) is 0 Å². The molecule has 1 aromatic rings. The molecular formula is C7H10N2O2S2. The summed E-state index contributed by atoms with van der Waals surface area (Å²) in [6.45, 7) is 1.68. The lowest BCUT2D eigenvalue weighted by atomic mass is 10.4. The highest BCUT2D eigenvalue weighted by atomic mass is 32.2. The average Bonchev–Trinajstić information content (AvgIpc) is 2.03. The second kappa shape index (κ2) is 3.63. The van der Waals surface area contributed by atoms with Crippen molar-refractivity contribution in [2.24, 2.45) is 0 Å². The van der Waals surface area contributed by atoms with Gasteiger partial charge in [-0.15, -0.1) is 0 Å². The lowest BCUT2D eigenvalue weighted by Gasteiger charge is -2.02. The minimum Gasteiger partial charge on any atom is -0.231 e. The van der Waals surface area contributed by atoms with Crippen molar-refractivity contribution in [1.82, 2.24) is 9.97 Å². The van der Waals surface area contributed by atoms with Gasteiger partial charge in [0.25, 0.3) is 0 Å². The highest BCUT2D eigenvalue weighted by molar-refractivity contribution is 7.98. The molecule has 0 bridgehead atoms. The maximum atomic E-state index is 11.2. The molecule has 0 N–H and O–H groups in total. The summed E-state index contributed by atoms with van der Waals surface area (Å²) in [5, 5.41) is 0.595. The topological polar surface area (TPSA) is 59.9 Å². The predicted molar refractivity (Wildman–Crippen MR) is 51.7 cm³/mol. The van der Waals surface area contributed by atoms with E-state index in [-0.39, 0.29) is 5.03 Å². The molecule has 13 heavy (non-hydrogen) atoms. The van der Waals surface area contributed by atoms with E-state index in [9.17, 15) is 8.42 Å². The Hall–Kier alpha value is -0.620. The molecule has 0 aliphatic heterocycles. The van der Waals surface area contributed by atoms with Gasteiger partial charge in [-0.3, -0.25) is 0 Å². The largest absolute Gasteiger partial charge is 0.231 e. The maximum absolute atomic E-state index is 11.2. The van der Waals surface area contributed by atoms with Gasteiger partial charge in [0.2, 0.25) is 0 Å². The Kier molecular flexibility index (Phi) is 2.92. The van der Waals surface area contributed by atoms with E-state index >= 15 is 0 Å². The first kappa shape index (κ1) is 10.5. The molecule has 4 nitrogen and oxygen atoms in total. The summed E-state index contributed by atoms with van der Waals surface area (Å²) in [6.07, 6.45) is 4.47. The van der Waals surface area contributed by atoms with Crippen LogP contribution in [0.25, 0.3) is 0 Å². The van der Waals surface area contributed by atoms with E-state index < -0.39 is 9.84 Å². The Morgan fingerprint density at radius 2 is 2.08 bits per heavy atom. The summed E-state index contributed by atoms with van der Waals surface area (Å²) in [6, 6.07) is 0. The normalized spacial score (nSPS) is 11.6. The summed E-state index contributed by atoms with van der Waals surface area (Å²) in [7, 11) is -3.23. The summed E-state index contributed by atoms with van der Waals surface area (Å²) < 4.78 is 22.4. The number of aromatic nitrogens is 2. The number of nitrogens with zero attached hydrogens (tertiary/aromatic N) is 2. The van der Waals surface area contributed by atoms with Gasteiger partial charge in [0.1, 0.15) is 0 Å². The molecule has 0 aliphatic carbocycles. The van der Waals surface area contributed by atoms with E-state index in [1.165, 1.54) is 18.0 Å². The Labute approximate surface area is 81.7 Å². The van der Waals surface area contributed by atoms with Crippen LogP contribution in [0.15, 0.2) is 16.4 Å². The van der Waals surface area contributed by atoms with Crippen LogP contribution in [-0.4, -0.2) is 30.9 Å². The van der Waals surface area contributed by atoms with Gasteiger partial charge in [0, 0.05) is 18.0 Å². The molecule has 0 saturated carbocycles. The Balaban J connectivity index is 3.36. The summed E-state index contributed by atoms with van der Waals surface area (Å²) in [5.74, 6) is 0. The van der Waals surface area contributed by atoms with Gasteiger partial charge in [-0.05, 0) is 13.2 Å². The molecule has 0 spiro atoms. The molecule has 1 aromatic heterocycles. The fourth-order valence-corrected chi connectivity index (χ4v) is 2.17. The van der Waals surface area contributed by atoms with Crippen LogP contribution in [0, 0.1) is 6.92 Å². The molecule has 0 aliphatic rings. The summed E-state index contributed by atoms with van der Waals surface area (Å²) in [4.78, 5) is 7.88. The number of sulfone groups is 1. The highest BCUT2D eigenvalue weighted by Gasteiger charge is 2.13. The second-order valence-corrected chi connectivity index (χ2v) is 5.32. The Morgan fingerprint density at radius 1 is 1.46 bits per heavy atom. The zero-order chi connectivity index (χ0) is 10.1.